The summed E-state index contributed by atoms with van der Waals surface area (Å²) in [6.07, 6.45) is 0.928. The van der Waals surface area contributed by atoms with Crippen molar-refractivity contribution in [3.8, 4) is 5.75 Å². The van der Waals surface area contributed by atoms with Gasteiger partial charge in [-0.2, -0.15) is 0 Å². The van der Waals surface area contributed by atoms with Gasteiger partial charge in [-0.05, 0) is 37.6 Å². The zero-order chi connectivity index (χ0) is 21.0. The van der Waals surface area contributed by atoms with Crippen molar-refractivity contribution in [1.82, 2.24) is 4.90 Å². The van der Waals surface area contributed by atoms with Gasteiger partial charge < -0.3 is 9.47 Å². The standard InChI is InChI=1S/C22H28N2O4S2/c1-18-3-6-20(7-4-18)30(25,26)24-12-16-29-22-8-5-19(17-21(22)24)28-13-2-9-23-10-14-27-15-11-23/h3-8,17H,2,9-16H2,1H3. The van der Waals surface area contributed by atoms with Crippen LogP contribution in [0.4, 0.5) is 5.69 Å². The van der Waals surface area contributed by atoms with Crippen molar-refractivity contribution < 1.29 is 17.9 Å². The highest BCUT2D eigenvalue weighted by Crippen LogP contribution is 2.40. The maximum Gasteiger partial charge on any atom is 0.264 e. The number of ether oxygens (including phenoxy) is 2. The normalized spacial score (nSPS) is 17.6. The minimum atomic E-state index is -3.60. The minimum absolute atomic E-state index is 0.322. The van der Waals surface area contributed by atoms with Gasteiger partial charge in [-0.3, -0.25) is 9.21 Å². The Labute approximate surface area is 183 Å². The Morgan fingerprint density at radius 3 is 2.60 bits per heavy atom. The summed E-state index contributed by atoms with van der Waals surface area (Å²) < 4.78 is 39.4. The first-order chi connectivity index (χ1) is 14.5. The zero-order valence-electron chi connectivity index (χ0n) is 17.2. The van der Waals surface area contributed by atoms with Crippen LogP contribution in [0.15, 0.2) is 52.3 Å². The van der Waals surface area contributed by atoms with E-state index in [0.717, 1.165) is 55.5 Å². The third kappa shape index (κ3) is 4.94. The quantitative estimate of drug-likeness (QED) is 0.605. The molecule has 2 aromatic carbocycles. The number of aryl methyl sites for hydroxylation is 1. The Kier molecular flexibility index (Phi) is 6.87. The predicted octanol–water partition coefficient (Wildman–Crippen LogP) is 3.40. The lowest BCUT2D eigenvalue weighted by molar-refractivity contribution is 0.0358. The van der Waals surface area contributed by atoms with Crippen LogP contribution in [0.2, 0.25) is 0 Å². The second kappa shape index (κ2) is 9.60. The van der Waals surface area contributed by atoms with Crippen LogP contribution >= 0.6 is 11.8 Å². The summed E-state index contributed by atoms with van der Waals surface area (Å²) in [5, 5.41) is 0. The first kappa shape index (κ1) is 21.5. The summed E-state index contributed by atoms with van der Waals surface area (Å²) in [6, 6.07) is 12.8. The molecule has 8 heteroatoms. The predicted molar refractivity (Wildman–Crippen MR) is 120 cm³/mol. The molecule has 2 aliphatic heterocycles. The van der Waals surface area contributed by atoms with Crippen molar-refractivity contribution in [2.45, 2.75) is 23.1 Å². The first-order valence-corrected chi connectivity index (χ1v) is 12.8. The third-order valence-electron chi connectivity index (χ3n) is 5.35. The van der Waals surface area contributed by atoms with E-state index in [1.165, 1.54) is 4.31 Å². The lowest BCUT2D eigenvalue weighted by Gasteiger charge is -2.30. The average Bonchev–Trinajstić information content (AvgIpc) is 2.77. The second-order valence-corrected chi connectivity index (χ2v) is 10.5. The fourth-order valence-corrected chi connectivity index (χ4v) is 6.28. The highest BCUT2D eigenvalue weighted by atomic mass is 32.2. The van der Waals surface area contributed by atoms with Crippen molar-refractivity contribution in [2.24, 2.45) is 0 Å². The molecule has 0 unspecified atom stereocenters. The number of fused-ring (bicyclic) bond motifs is 1. The second-order valence-electron chi connectivity index (χ2n) is 7.52. The number of benzene rings is 2. The molecule has 0 spiro atoms. The van der Waals surface area contributed by atoms with Crippen molar-refractivity contribution in [3.05, 3.63) is 48.0 Å². The van der Waals surface area contributed by atoms with Crippen molar-refractivity contribution in [1.29, 1.82) is 0 Å². The van der Waals surface area contributed by atoms with Gasteiger partial charge in [0.05, 0.1) is 30.4 Å². The molecule has 0 atom stereocenters. The van der Waals surface area contributed by atoms with Gasteiger partial charge in [0.25, 0.3) is 10.0 Å². The number of morpholine rings is 1. The Morgan fingerprint density at radius 1 is 1.07 bits per heavy atom. The van der Waals surface area contributed by atoms with Crippen molar-refractivity contribution in [3.63, 3.8) is 0 Å². The minimum Gasteiger partial charge on any atom is -0.493 e. The molecule has 0 radical (unpaired) electrons. The number of anilines is 1. The first-order valence-electron chi connectivity index (χ1n) is 10.3. The van der Waals surface area contributed by atoms with Crippen LogP contribution < -0.4 is 9.04 Å². The molecular weight excluding hydrogens is 420 g/mol. The lowest BCUT2D eigenvalue weighted by Crippen LogP contribution is -2.37. The van der Waals surface area contributed by atoms with E-state index in [9.17, 15) is 8.42 Å². The molecule has 30 heavy (non-hydrogen) atoms. The molecule has 1 saturated heterocycles. The maximum absolute atomic E-state index is 13.3. The molecule has 0 aliphatic carbocycles. The zero-order valence-corrected chi connectivity index (χ0v) is 18.9. The molecule has 2 aliphatic rings. The average molecular weight is 449 g/mol. The van der Waals surface area contributed by atoms with E-state index < -0.39 is 10.0 Å². The Morgan fingerprint density at radius 2 is 1.83 bits per heavy atom. The summed E-state index contributed by atoms with van der Waals surface area (Å²) in [7, 11) is -3.60. The lowest BCUT2D eigenvalue weighted by atomic mass is 10.2. The van der Waals surface area contributed by atoms with Crippen LogP contribution in [0, 0.1) is 6.92 Å². The summed E-state index contributed by atoms with van der Waals surface area (Å²) in [5.41, 5.74) is 1.74. The van der Waals surface area contributed by atoms with E-state index in [-0.39, 0.29) is 0 Å². The van der Waals surface area contributed by atoms with Crippen LogP contribution in [0.1, 0.15) is 12.0 Å². The highest BCUT2D eigenvalue weighted by molar-refractivity contribution is 8.00. The van der Waals surface area contributed by atoms with Gasteiger partial charge in [0.15, 0.2) is 0 Å². The van der Waals surface area contributed by atoms with Crippen molar-refractivity contribution in [2.75, 3.05) is 56.1 Å². The number of nitrogens with zero attached hydrogens (tertiary/aromatic N) is 2. The van der Waals surface area contributed by atoms with E-state index in [2.05, 4.69) is 4.90 Å². The third-order valence-corrected chi connectivity index (χ3v) is 8.22. The number of hydrogen-bond donors (Lipinski definition) is 0. The SMILES string of the molecule is Cc1ccc(S(=O)(=O)N2CCSc3ccc(OCCCN4CCOCC4)cc32)cc1. The van der Waals surface area contributed by atoms with Crippen LogP contribution in [0.3, 0.4) is 0 Å². The molecule has 2 heterocycles. The number of thioether (sulfide) groups is 1. The molecular formula is C22H28N2O4S2. The number of rotatable bonds is 7. The molecule has 0 saturated carbocycles. The monoisotopic (exact) mass is 448 g/mol. The van der Waals surface area contributed by atoms with Crippen molar-refractivity contribution >= 4 is 27.5 Å². The Bertz CT molecular complexity index is 958. The molecule has 1 fully saturated rings. The number of sulfonamides is 1. The molecule has 0 N–H and O–H groups in total. The van der Waals surface area contributed by atoms with Gasteiger partial charge in [-0.15, -0.1) is 11.8 Å². The number of hydrogen-bond acceptors (Lipinski definition) is 6. The van der Waals surface area contributed by atoms with Gasteiger partial charge in [0, 0.05) is 42.9 Å². The highest BCUT2D eigenvalue weighted by Gasteiger charge is 2.29. The summed E-state index contributed by atoms with van der Waals surface area (Å²) in [4.78, 5) is 3.67. The summed E-state index contributed by atoms with van der Waals surface area (Å²) in [6.45, 7) is 7.54. The van der Waals surface area contributed by atoms with E-state index in [4.69, 9.17) is 9.47 Å². The molecule has 0 amide bonds. The summed E-state index contributed by atoms with van der Waals surface area (Å²) in [5.74, 6) is 1.44. The molecule has 162 valence electrons. The largest absolute Gasteiger partial charge is 0.493 e. The molecule has 2 aromatic rings. The van der Waals surface area contributed by atoms with Gasteiger partial charge in [-0.1, -0.05) is 17.7 Å². The molecule has 0 aromatic heterocycles. The molecule has 4 rings (SSSR count). The van der Waals surface area contributed by atoms with Gasteiger partial charge in [0.1, 0.15) is 5.75 Å². The van der Waals surface area contributed by atoms with E-state index in [0.29, 0.717) is 29.5 Å². The topological polar surface area (TPSA) is 59.1 Å². The molecule has 6 nitrogen and oxygen atoms in total. The fraction of sp³-hybridized carbons (Fsp3) is 0.455. The van der Waals surface area contributed by atoms with Crippen LogP contribution in [-0.4, -0.2) is 65.1 Å². The smallest absolute Gasteiger partial charge is 0.264 e. The van der Waals surface area contributed by atoms with Gasteiger partial charge in [0.2, 0.25) is 0 Å². The Hall–Kier alpha value is -1.74. The van der Waals surface area contributed by atoms with E-state index in [1.54, 1.807) is 23.9 Å². The van der Waals surface area contributed by atoms with Crippen LogP contribution in [0.25, 0.3) is 0 Å². The van der Waals surface area contributed by atoms with Crippen LogP contribution in [-0.2, 0) is 14.8 Å². The molecule has 0 bridgehead atoms. The Balaban J connectivity index is 1.45. The van der Waals surface area contributed by atoms with Gasteiger partial charge >= 0.3 is 0 Å². The summed E-state index contributed by atoms with van der Waals surface area (Å²) >= 11 is 1.68. The van der Waals surface area contributed by atoms with Crippen LogP contribution in [0.5, 0.6) is 5.75 Å². The van der Waals surface area contributed by atoms with E-state index in [1.807, 2.05) is 37.3 Å². The van der Waals surface area contributed by atoms with E-state index >= 15 is 0 Å². The maximum atomic E-state index is 13.3. The fourth-order valence-electron chi connectivity index (χ4n) is 3.65. The van der Waals surface area contributed by atoms with Gasteiger partial charge in [-0.25, -0.2) is 8.42 Å².